The number of amides is 2. The van der Waals surface area contributed by atoms with Crippen LogP contribution in [0.3, 0.4) is 0 Å². The van der Waals surface area contributed by atoms with Gasteiger partial charge in [0.1, 0.15) is 0 Å². The van der Waals surface area contributed by atoms with Crippen LogP contribution in [0.2, 0.25) is 0 Å². The van der Waals surface area contributed by atoms with Crippen molar-refractivity contribution in [2.45, 2.75) is 26.2 Å². The fourth-order valence-electron chi connectivity index (χ4n) is 2.41. The van der Waals surface area contributed by atoms with Crippen LogP contribution in [-0.2, 0) is 22.4 Å². The lowest BCUT2D eigenvalue weighted by molar-refractivity contribution is -0.133. The van der Waals surface area contributed by atoms with Crippen LogP contribution in [-0.4, -0.2) is 30.3 Å². The molecule has 0 saturated carbocycles. The van der Waals surface area contributed by atoms with Crippen molar-refractivity contribution in [1.82, 2.24) is 4.90 Å². The van der Waals surface area contributed by atoms with Crippen LogP contribution in [0.1, 0.15) is 24.5 Å². The zero-order valence-electron chi connectivity index (χ0n) is 14.3. The third-order valence-corrected chi connectivity index (χ3v) is 3.92. The van der Waals surface area contributed by atoms with E-state index in [4.69, 9.17) is 0 Å². The predicted molar refractivity (Wildman–Crippen MR) is 96.8 cm³/mol. The summed E-state index contributed by atoms with van der Waals surface area (Å²) in [4.78, 5) is 25.6. The molecule has 4 nitrogen and oxygen atoms in total. The second-order valence-corrected chi connectivity index (χ2v) is 5.83. The van der Waals surface area contributed by atoms with Crippen LogP contribution >= 0.6 is 0 Å². The summed E-state index contributed by atoms with van der Waals surface area (Å²) >= 11 is 0. The Balaban J connectivity index is 1.77. The van der Waals surface area contributed by atoms with Crippen molar-refractivity contribution in [3.8, 4) is 0 Å². The SMILES string of the molecule is CCc1ccc(CCC(=O)N(C)CC(=O)Nc2ccccc2)cc1. The van der Waals surface area contributed by atoms with Gasteiger partial charge in [-0.1, -0.05) is 49.4 Å². The van der Waals surface area contributed by atoms with Crippen molar-refractivity contribution in [1.29, 1.82) is 0 Å². The van der Waals surface area contributed by atoms with E-state index in [0.717, 1.165) is 17.7 Å². The third kappa shape index (κ3) is 5.54. The molecule has 0 aromatic heterocycles. The van der Waals surface area contributed by atoms with Crippen LogP contribution in [0.25, 0.3) is 0 Å². The van der Waals surface area contributed by atoms with Gasteiger partial charge in [-0.25, -0.2) is 0 Å². The molecule has 0 atom stereocenters. The van der Waals surface area contributed by atoms with Crippen LogP contribution in [0.4, 0.5) is 5.69 Å². The Kier molecular flexibility index (Phi) is 6.55. The number of rotatable bonds is 7. The molecule has 2 aromatic rings. The van der Waals surface area contributed by atoms with Gasteiger partial charge in [-0.15, -0.1) is 0 Å². The average Bonchev–Trinajstić information content (AvgIpc) is 2.60. The predicted octanol–water partition coefficient (Wildman–Crippen LogP) is 3.28. The van der Waals surface area contributed by atoms with Crippen molar-refractivity contribution >= 4 is 17.5 Å². The lowest BCUT2D eigenvalue weighted by Crippen LogP contribution is -2.35. The van der Waals surface area contributed by atoms with Gasteiger partial charge in [0.05, 0.1) is 6.54 Å². The Morgan fingerprint density at radius 3 is 2.21 bits per heavy atom. The van der Waals surface area contributed by atoms with E-state index in [2.05, 4.69) is 36.5 Å². The molecule has 0 fully saturated rings. The van der Waals surface area contributed by atoms with Gasteiger partial charge < -0.3 is 10.2 Å². The molecule has 2 rings (SSSR count). The molecule has 126 valence electrons. The van der Waals surface area contributed by atoms with Gasteiger partial charge in [0.15, 0.2) is 0 Å². The first-order chi connectivity index (χ1) is 11.6. The Labute approximate surface area is 143 Å². The zero-order valence-corrected chi connectivity index (χ0v) is 14.3. The van der Waals surface area contributed by atoms with Gasteiger partial charge in [0, 0.05) is 19.2 Å². The number of para-hydroxylation sites is 1. The number of aryl methyl sites for hydroxylation is 2. The quantitative estimate of drug-likeness (QED) is 0.850. The molecule has 0 heterocycles. The zero-order chi connectivity index (χ0) is 17.4. The van der Waals surface area contributed by atoms with Crippen molar-refractivity contribution in [2.75, 3.05) is 18.9 Å². The molecule has 4 heteroatoms. The van der Waals surface area contributed by atoms with Gasteiger partial charge in [-0.2, -0.15) is 0 Å². The fraction of sp³-hybridized carbons (Fsp3) is 0.300. The van der Waals surface area contributed by atoms with Crippen LogP contribution < -0.4 is 5.32 Å². The van der Waals surface area contributed by atoms with Crippen molar-refractivity contribution < 1.29 is 9.59 Å². The lowest BCUT2D eigenvalue weighted by Gasteiger charge is -2.17. The Morgan fingerprint density at radius 2 is 1.58 bits per heavy atom. The van der Waals surface area contributed by atoms with E-state index in [1.807, 2.05) is 30.3 Å². The molecule has 2 aromatic carbocycles. The van der Waals surface area contributed by atoms with Gasteiger partial charge in [-0.05, 0) is 36.1 Å². The van der Waals surface area contributed by atoms with Crippen LogP contribution in [0.5, 0.6) is 0 Å². The monoisotopic (exact) mass is 324 g/mol. The average molecular weight is 324 g/mol. The number of benzene rings is 2. The molecular weight excluding hydrogens is 300 g/mol. The summed E-state index contributed by atoms with van der Waals surface area (Å²) in [5.41, 5.74) is 3.17. The molecule has 24 heavy (non-hydrogen) atoms. The number of hydrogen-bond acceptors (Lipinski definition) is 2. The van der Waals surface area contributed by atoms with E-state index < -0.39 is 0 Å². The minimum atomic E-state index is -0.190. The van der Waals surface area contributed by atoms with Crippen molar-refractivity contribution in [3.63, 3.8) is 0 Å². The number of carbonyl (C=O) groups excluding carboxylic acids is 2. The molecular formula is C20H24N2O2. The maximum Gasteiger partial charge on any atom is 0.243 e. The number of carbonyl (C=O) groups is 2. The second-order valence-electron chi connectivity index (χ2n) is 5.83. The van der Waals surface area contributed by atoms with E-state index in [1.54, 1.807) is 7.05 Å². The maximum absolute atomic E-state index is 12.2. The van der Waals surface area contributed by atoms with Gasteiger partial charge in [0.2, 0.25) is 11.8 Å². The van der Waals surface area contributed by atoms with E-state index in [0.29, 0.717) is 12.8 Å². The molecule has 1 N–H and O–H groups in total. The molecule has 0 aliphatic carbocycles. The Bertz CT molecular complexity index is 666. The van der Waals surface area contributed by atoms with Crippen molar-refractivity contribution in [3.05, 3.63) is 65.7 Å². The first-order valence-corrected chi connectivity index (χ1v) is 8.25. The number of nitrogens with one attached hydrogen (secondary N) is 1. The highest BCUT2D eigenvalue weighted by atomic mass is 16.2. The first kappa shape index (κ1) is 17.7. The molecule has 0 aliphatic rings. The highest BCUT2D eigenvalue weighted by molar-refractivity contribution is 5.94. The fourth-order valence-corrected chi connectivity index (χ4v) is 2.41. The summed E-state index contributed by atoms with van der Waals surface area (Å²) in [6.07, 6.45) is 2.10. The molecule has 0 unspecified atom stereocenters. The van der Waals surface area contributed by atoms with Gasteiger partial charge >= 0.3 is 0 Å². The van der Waals surface area contributed by atoms with Gasteiger partial charge in [0.25, 0.3) is 0 Å². The van der Waals surface area contributed by atoms with E-state index >= 15 is 0 Å². The highest BCUT2D eigenvalue weighted by Gasteiger charge is 2.13. The summed E-state index contributed by atoms with van der Waals surface area (Å²) in [7, 11) is 1.66. The van der Waals surface area contributed by atoms with E-state index in [9.17, 15) is 9.59 Å². The summed E-state index contributed by atoms with van der Waals surface area (Å²) in [6, 6.07) is 17.6. The smallest absolute Gasteiger partial charge is 0.243 e. The van der Waals surface area contributed by atoms with Gasteiger partial charge in [-0.3, -0.25) is 9.59 Å². The lowest BCUT2D eigenvalue weighted by atomic mass is 10.1. The summed E-state index contributed by atoms with van der Waals surface area (Å²) in [5, 5.41) is 2.78. The second kappa shape index (κ2) is 8.87. The summed E-state index contributed by atoms with van der Waals surface area (Å²) in [6.45, 7) is 2.18. The number of likely N-dealkylation sites (N-methyl/N-ethyl adjacent to an activating group) is 1. The first-order valence-electron chi connectivity index (χ1n) is 8.25. The van der Waals surface area contributed by atoms with Crippen LogP contribution in [0, 0.1) is 0 Å². The molecule has 0 radical (unpaired) electrons. The molecule has 0 saturated heterocycles. The summed E-state index contributed by atoms with van der Waals surface area (Å²) < 4.78 is 0. The summed E-state index contributed by atoms with van der Waals surface area (Å²) in [5.74, 6) is -0.220. The molecule has 2 amide bonds. The number of anilines is 1. The minimum Gasteiger partial charge on any atom is -0.336 e. The van der Waals surface area contributed by atoms with E-state index in [1.165, 1.54) is 10.5 Å². The van der Waals surface area contributed by atoms with Crippen LogP contribution in [0.15, 0.2) is 54.6 Å². The molecule has 0 aliphatic heterocycles. The van der Waals surface area contributed by atoms with E-state index in [-0.39, 0.29) is 18.4 Å². The minimum absolute atomic E-state index is 0.0298. The number of hydrogen-bond donors (Lipinski definition) is 1. The molecule has 0 bridgehead atoms. The topological polar surface area (TPSA) is 49.4 Å². The maximum atomic E-state index is 12.2. The molecule has 0 spiro atoms. The Hall–Kier alpha value is -2.62. The van der Waals surface area contributed by atoms with Crippen molar-refractivity contribution in [2.24, 2.45) is 0 Å². The number of nitrogens with zero attached hydrogens (tertiary/aromatic N) is 1. The normalized spacial score (nSPS) is 10.2. The standard InChI is InChI=1S/C20H24N2O2/c1-3-16-9-11-17(12-10-16)13-14-20(24)22(2)15-19(23)21-18-7-5-4-6-8-18/h4-12H,3,13-15H2,1-2H3,(H,21,23). The highest BCUT2D eigenvalue weighted by Crippen LogP contribution is 2.09. The third-order valence-electron chi connectivity index (χ3n) is 3.92. The Morgan fingerprint density at radius 1 is 0.958 bits per heavy atom. The largest absolute Gasteiger partial charge is 0.336 e.